The van der Waals surface area contributed by atoms with Gasteiger partial charge in [-0.1, -0.05) is 49.0 Å². The molecule has 2 N–H and O–H groups in total. The summed E-state index contributed by atoms with van der Waals surface area (Å²) < 4.78 is 5.16. The quantitative estimate of drug-likeness (QED) is 0.730. The van der Waals surface area contributed by atoms with Gasteiger partial charge >= 0.3 is 5.97 Å². The molecule has 0 fully saturated rings. The molecule has 0 aliphatic heterocycles. The summed E-state index contributed by atoms with van der Waals surface area (Å²) in [5.74, 6) is -0.280. The molecule has 6 heteroatoms. The van der Waals surface area contributed by atoms with Crippen molar-refractivity contribution in [3.8, 4) is 0 Å². The lowest BCUT2D eigenvalue weighted by atomic mass is 9.87. The van der Waals surface area contributed by atoms with E-state index in [1.807, 2.05) is 37.3 Å². The van der Waals surface area contributed by atoms with Crippen molar-refractivity contribution in [1.29, 1.82) is 0 Å². The number of carbonyl (C=O) groups is 1. The van der Waals surface area contributed by atoms with Crippen LogP contribution in [-0.4, -0.2) is 28.4 Å². The van der Waals surface area contributed by atoms with Crippen LogP contribution < -0.4 is 5.32 Å². The zero-order valence-electron chi connectivity index (χ0n) is 11.8. The Balaban J connectivity index is 2.16. The number of nitrogens with zero attached hydrogens (tertiary/aromatic N) is 1. The highest BCUT2D eigenvalue weighted by atomic mass is 32.2. The molecule has 0 amide bonds. The summed E-state index contributed by atoms with van der Waals surface area (Å²) in [6, 6.07) is 9.26. The Morgan fingerprint density at radius 1 is 1.43 bits per heavy atom. The van der Waals surface area contributed by atoms with Gasteiger partial charge in [-0.2, -0.15) is 0 Å². The van der Waals surface area contributed by atoms with Gasteiger partial charge in [-0.3, -0.25) is 5.32 Å². The average molecular weight is 306 g/mol. The van der Waals surface area contributed by atoms with E-state index in [0.29, 0.717) is 23.9 Å². The Bertz CT molecular complexity index is 560. The van der Waals surface area contributed by atoms with E-state index in [9.17, 15) is 9.90 Å². The van der Waals surface area contributed by atoms with Gasteiger partial charge in [0.25, 0.3) is 5.22 Å². The standard InChI is InChI=1S/C15H18N2O3S/c1-2-17-15(13(18)19,12-6-4-3-5-7-12)8-11-21-14-16-9-10-20-14/h3-7,9-10,17H,2,8,11H2,1H3,(H,18,19). The normalized spacial score (nSPS) is 13.8. The maximum Gasteiger partial charge on any atom is 0.328 e. The number of rotatable bonds is 8. The molecule has 1 atom stereocenters. The number of benzene rings is 1. The number of nitrogens with one attached hydrogen (secondary N) is 1. The molecular weight excluding hydrogens is 288 g/mol. The molecule has 0 saturated heterocycles. The molecule has 5 nitrogen and oxygen atoms in total. The largest absolute Gasteiger partial charge is 0.480 e. The molecule has 1 heterocycles. The van der Waals surface area contributed by atoms with Crippen LogP contribution in [0.4, 0.5) is 0 Å². The number of hydrogen-bond donors (Lipinski definition) is 2. The van der Waals surface area contributed by atoms with Crippen LogP contribution in [0.25, 0.3) is 0 Å². The third-order valence-electron chi connectivity index (χ3n) is 3.22. The second-order valence-corrected chi connectivity index (χ2v) is 5.55. The van der Waals surface area contributed by atoms with E-state index in [4.69, 9.17) is 4.42 Å². The van der Waals surface area contributed by atoms with Crippen LogP contribution in [0.3, 0.4) is 0 Å². The first-order chi connectivity index (χ1) is 10.2. The highest BCUT2D eigenvalue weighted by molar-refractivity contribution is 7.99. The Hall–Kier alpha value is -1.79. The third-order valence-corrected chi connectivity index (χ3v) is 4.08. The van der Waals surface area contributed by atoms with Crippen molar-refractivity contribution >= 4 is 17.7 Å². The van der Waals surface area contributed by atoms with Gasteiger partial charge < -0.3 is 9.52 Å². The lowest BCUT2D eigenvalue weighted by Gasteiger charge is -2.30. The van der Waals surface area contributed by atoms with Crippen LogP contribution in [0.2, 0.25) is 0 Å². The monoisotopic (exact) mass is 306 g/mol. The summed E-state index contributed by atoms with van der Waals surface area (Å²) in [6.45, 7) is 2.48. The Morgan fingerprint density at radius 3 is 2.76 bits per heavy atom. The van der Waals surface area contributed by atoms with Gasteiger partial charge in [0.05, 0.1) is 6.20 Å². The molecule has 112 valence electrons. The zero-order chi connectivity index (χ0) is 15.1. The smallest absolute Gasteiger partial charge is 0.328 e. The maximum absolute atomic E-state index is 11.9. The second-order valence-electron chi connectivity index (χ2n) is 4.50. The van der Waals surface area contributed by atoms with Crippen LogP contribution in [0.1, 0.15) is 18.9 Å². The van der Waals surface area contributed by atoms with Crippen molar-refractivity contribution < 1.29 is 14.3 Å². The van der Waals surface area contributed by atoms with E-state index in [-0.39, 0.29) is 0 Å². The van der Waals surface area contributed by atoms with E-state index in [2.05, 4.69) is 10.3 Å². The molecule has 1 unspecified atom stereocenters. The highest BCUT2D eigenvalue weighted by Crippen LogP contribution is 2.29. The fraction of sp³-hybridized carbons (Fsp3) is 0.333. The first kappa shape index (κ1) is 15.6. The van der Waals surface area contributed by atoms with Crippen molar-refractivity contribution in [2.45, 2.75) is 24.1 Å². The molecule has 0 radical (unpaired) electrons. The van der Waals surface area contributed by atoms with Crippen LogP contribution in [0.5, 0.6) is 0 Å². The second kappa shape index (κ2) is 7.28. The molecule has 1 aromatic carbocycles. The Kier molecular flexibility index (Phi) is 5.41. The molecule has 0 spiro atoms. The molecule has 0 bridgehead atoms. The van der Waals surface area contributed by atoms with Crippen molar-refractivity contribution in [2.24, 2.45) is 0 Å². The summed E-state index contributed by atoms with van der Waals surface area (Å²) in [4.78, 5) is 15.9. The number of carboxylic acid groups (broad SMARTS) is 1. The number of carboxylic acids is 1. The summed E-state index contributed by atoms with van der Waals surface area (Å²) in [5, 5.41) is 13.4. The fourth-order valence-corrected chi connectivity index (χ4v) is 3.08. The molecule has 0 aliphatic rings. The minimum absolute atomic E-state index is 0.438. The first-order valence-electron chi connectivity index (χ1n) is 6.75. The maximum atomic E-state index is 11.9. The number of thioether (sulfide) groups is 1. The lowest BCUT2D eigenvalue weighted by Crippen LogP contribution is -2.49. The van der Waals surface area contributed by atoms with Gasteiger partial charge in [0, 0.05) is 5.75 Å². The molecule has 0 aliphatic carbocycles. The van der Waals surface area contributed by atoms with Crippen molar-refractivity contribution in [1.82, 2.24) is 10.3 Å². The summed E-state index contributed by atoms with van der Waals surface area (Å²) in [7, 11) is 0. The Labute approximate surface area is 127 Å². The first-order valence-corrected chi connectivity index (χ1v) is 7.74. The van der Waals surface area contributed by atoms with E-state index in [1.165, 1.54) is 18.0 Å². The number of likely N-dealkylation sites (N-methyl/N-ethyl adjacent to an activating group) is 1. The zero-order valence-corrected chi connectivity index (χ0v) is 12.6. The Morgan fingerprint density at radius 2 is 2.19 bits per heavy atom. The topological polar surface area (TPSA) is 75.4 Å². The predicted molar refractivity (Wildman–Crippen MR) is 81.3 cm³/mol. The molecule has 2 rings (SSSR count). The van der Waals surface area contributed by atoms with Gasteiger partial charge in [-0.15, -0.1) is 0 Å². The number of oxazole rings is 1. The van der Waals surface area contributed by atoms with Crippen LogP contribution in [0.15, 0.2) is 52.4 Å². The minimum atomic E-state index is -1.09. The van der Waals surface area contributed by atoms with Gasteiger partial charge in [0.15, 0.2) is 0 Å². The average Bonchev–Trinajstić information content (AvgIpc) is 3.00. The molecule has 1 aromatic heterocycles. The van der Waals surface area contributed by atoms with Gasteiger partial charge in [-0.25, -0.2) is 9.78 Å². The van der Waals surface area contributed by atoms with Crippen molar-refractivity contribution in [3.05, 3.63) is 48.4 Å². The van der Waals surface area contributed by atoms with Gasteiger partial charge in [0.2, 0.25) is 0 Å². The van der Waals surface area contributed by atoms with E-state index in [0.717, 1.165) is 5.56 Å². The van der Waals surface area contributed by atoms with Crippen LogP contribution in [0, 0.1) is 0 Å². The van der Waals surface area contributed by atoms with E-state index in [1.54, 1.807) is 6.20 Å². The molecule has 0 saturated carbocycles. The van der Waals surface area contributed by atoms with Crippen molar-refractivity contribution in [2.75, 3.05) is 12.3 Å². The van der Waals surface area contributed by atoms with Gasteiger partial charge in [-0.05, 0) is 18.5 Å². The van der Waals surface area contributed by atoms with Crippen molar-refractivity contribution in [3.63, 3.8) is 0 Å². The fourth-order valence-electron chi connectivity index (χ4n) is 2.24. The third kappa shape index (κ3) is 3.65. The van der Waals surface area contributed by atoms with Crippen LogP contribution >= 0.6 is 11.8 Å². The summed E-state index contributed by atoms with van der Waals surface area (Å²) >= 11 is 1.41. The predicted octanol–water partition coefficient (Wildman–Crippen LogP) is 2.75. The molecule has 21 heavy (non-hydrogen) atoms. The van der Waals surface area contributed by atoms with Crippen LogP contribution in [-0.2, 0) is 10.3 Å². The molecular formula is C15H18N2O3S. The summed E-state index contributed by atoms with van der Waals surface area (Å²) in [5.41, 5.74) is -0.331. The summed E-state index contributed by atoms with van der Waals surface area (Å²) in [6.07, 6.45) is 3.52. The SMILES string of the molecule is CCNC(CCSc1ncco1)(C(=O)O)c1ccccc1. The van der Waals surface area contributed by atoms with E-state index >= 15 is 0 Å². The highest BCUT2D eigenvalue weighted by Gasteiger charge is 2.39. The van der Waals surface area contributed by atoms with Gasteiger partial charge in [0.1, 0.15) is 11.8 Å². The minimum Gasteiger partial charge on any atom is -0.480 e. The molecule has 2 aromatic rings. The number of aromatic nitrogens is 1. The lowest BCUT2D eigenvalue weighted by molar-refractivity contribution is -0.145. The number of aliphatic carboxylic acids is 1. The van der Waals surface area contributed by atoms with E-state index < -0.39 is 11.5 Å². The number of hydrogen-bond acceptors (Lipinski definition) is 5.